The van der Waals surface area contributed by atoms with Crippen LogP contribution in [0.4, 0.5) is 13.2 Å². The molecule has 140 valence electrons. The predicted molar refractivity (Wildman–Crippen MR) is 90.0 cm³/mol. The van der Waals surface area contributed by atoms with Gasteiger partial charge in [-0.1, -0.05) is 13.3 Å². The first kappa shape index (κ1) is 17.5. The van der Waals surface area contributed by atoms with Crippen molar-refractivity contribution >= 4 is 11.7 Å². The number of aliphatic imine (C=N–C) groups is 1. The fourth-order valence-corrected chi connectivity index (χ4v) is 4.04. The first-order chi connectivity index (χ1) is 12.2. The average molecular weight is 366 g/mol. The van der Waals surface area contributed by atoms with E-state index in [1.165, 1.54) is 6.07 Å². The van der Waals surface area contributed by atoms with E-state index in [0.717, 1.165) is 25.3 Å². The van der Waals surface area contributed by atoms with Crippen LogP contribution in [0, 0.1) is 0 Å². The number of nitrogens with zero attached hydrogens (tertiary/aromatic N) is 2. The summed E-state index contributed by atoms with van der Waals surface area (Å²) in [5, 5.41) is 6.01. The minimum Gasteiger partial charge on any atom is -0.317 e. The van der Waals surface area contributed by atoms with Gasteiger partial charge in [-0.05, 0) is 50.9 Å². The Balaban J connectivity index is 1.79. The van der Waals surface area contributed by atoms with Crippen LogP contribution in [-0.2, 0) is 16.4 Å². The van der Waals surface area contributed by atoms with Gasteiger partial charge in [0.2, 0.25) is 0 Å². The summed E-state index contributed by atoms with van der Waals surface area (Å²) in [6, 6.07) is 2.39. The van der Waals surface area contributed by atoms with Crippen molar-refractivity contribution in [3.05, 3.63) is 29.1 Å². The van der Waals surface area contributed by atoms with Crippen LogP contribution in [0.3, 0.4) is 0 Å². The molecule has 8 heteroatoms. The third kappa shape index (κ3) is 2.71. The number of amides is 1. The molecule has 3 aliphatic rings. The molecule has 26 heavy (non-hydrogen) atoms. The monoisotopic (exact) mass is 366 g/mol. The summed E-state index contributed by atoms with van der Waals surface area (Å²) in [5.41, 5.74) is -1.20. The highest BCUT2D eigenvalue weighted by Gasteiger charge is 2.47. The third-order valence-corrected chi connectivity index (χ3v) is 5.88. The molecule has 0 unspecified atom stereocenters. The topological polar surface area (TPSA) is 66.4 Å². The van der Waals surface area contributed by atoms with Gasteiger partial charge in [-0.15, -0.1) is 0 Å². The Morgan fingerprint density at radius 2 is 1.81 bits per heavy atom. The van der Waals surface area contributed by atoms with Crippen LogP contribution in [0.1, 0.15) is 56.0 Å². The lowest BCUT2D eigenvalue weighted by Gasteiger charge is -2.39. The van der Waals surface area contributed by atoms with E-state index in [9.17, 15) is 18.0 Å². The summed E-state index contributed by atoms with van der Waals surface area (Å²) < 4.78 is 39.5. The number of halogens is 3. The lowest BCUT2D eigenvalue weighted by atomic mass is 9.67. The summed E-state index contributed by atoms with van der Waals surface area (Å²) in [6.45, 7) is 3.32. The summed E-state index contributed by atoms with van der Waals surface area (Å²) in [6.07, 6.45) is -0.798. The molecule has 1 spiro atoms. The minimum absolute atomic E-state index is 0.168. The number of carbonyl (C=O) groups is 1. The van der Waals surface area contributed by atoms with Crippen LogP contribution in [0.25, 0.3) is 0 Å². The van der Waals surface area contributed by atoms with Crippen LogP contribution in [0.2, 0.25) is 0 Å². The first-order valence-corrected chi connectivity index (χ1v) is 8.95. The molecular formula is C18H21F3N4O. The number of aromatic nitrogens is 1. The van der Waals surface area contributed by atoms with E-state index >= 15 is 0 Å². The number of alkyl halides is 3. The van der Waals surface area contributed by atoms with E-state index < -0.39 is 22.8 Å². The SMILES string of the molecule is CC1(c2nc(C(F)(F)F)ccc2C2=NC3(CCNCC3)C(=O)N2)CCC1. The minimum atomic E-state index is -4.50. The maximum absolute atomic E-state index is 13.2. The molecule has 1 saturated heterocycles. The van der Waals surface area contributed by atoms with Gasteiger partial charge in [0.15, 0.2) is 0 Å². The molecule has 2 aliphatic heterocycles. The van der Waals surface area contributed by atoms with Gasteiger partial charge in [-0.2, -0.15) is 13.2 Å². The molecular weight excluding hydrogens is 345 g/mol. The fourth-order valence-electron chi connectivity index (χ4n) is 4.04. The van der Waals surface area contributed by atoms with Crippen LogP contribution in [0.5, 0.6) is 0 Å². The highest BCUT2D eigenvalue weighted by molar-refractivity contribution is 6.16. The van der Waals surface area contributed by atoms with E-state index in [4.69, 9.17) is 0 Å². The van der Waals surface area contributed by atoms with Gasteiger partial charge >= 0.3 is 6.18 Å². The highest BCUT2D eigenvalue weighted by Crippen LogP contribution is 2.45. The van der Waals surface area contributed by atoms with Crippen molar-refractivity contribution in [3.63, 3.8) is 0 Å². The van der Waals surface area contributed by atoms with E-state index in [-0.39, 0.29) is 5.91 Å². The second kappa shape index (κ2) is 5.77. The Kier molecular flexibility index (Phi) is 3.87. The number of hydrogen-bond donors (Lipinski definition) is 2. The standard InChI is InChI=1S/C18H21F3N4O/c1-16(5-2-6-16)13-11(3-4-12(23-13)18(19,20)21)14-24-15(26)17(25-14)7-9-22-10-8-17/h3-4,22H,2,5-10H2,1H3,(H,24,25,26). The average Bonchev–Trinajstić information content (AvgIpc) is 2.88. The highest BCUT2D eigenvalue weighted by atomic mass is 19.4. The Hall–Kier alpha value is -1.96. The molecule has 1 aromatic heterocycles. The van der Waals surface area contributed by atoms with Gasteiger partial charge in [0, 0.05) is 11.0 Å². The third-order valence-electron chi connectivity index (χ3n) is 5.88. The molecule has 0 radical (unpaired) electrons. The maximum atomic E-state index is 13.2. The molecule has 5 nitrogen and oxygen atoms in total. The van der Waals surface area contributed by atoms with Crippen LogP contribution in [-0.4, -0.2) is 35.4 Å². The molecule has 2 fully saturated rings. The molecule has 4 rings (SSSR count). The molecule has 1 amide bonds. The van der Waals surface area contributed by atoms with Crippen LogP contribution in [0.15, 0.2) is 17.1 Å². The van der Waals surface area contributed by atoms with Crippen molar-refractivity contribution in [1.29, 1.82) is 0 Å². The smallest absolute Gasteiger partial charge is 0.317 e. The van der Waals surface area contributed by atoms with Gasteiger partial charge in [-0.3, -0.25) is 9.79 Å². The maximum Gasteiger partial charge on any atom is 0.433 e. The molecule has 1 aromatic rings. The lowest BCUT2D eigenvalue weighted by Crippen LogP contribution is -2.47. The summed E-state index contributed by atoms with van der Waals surface area (Å²) in [5.74, 6) is 0.194. The van der Waals surface area contributed by atoms with Crippen molar-refractivity contribution in [2.45, 2.75) is 56.2 Å². The number of piperidine rings is 1. The second-order valence-electron chi connectivity index (χ2n) is 7.70. The van der Waals surface area contributed by atoms with E-state index in [1.807, 2.05) is 6.92 Å². The molecule has 1 saturated carbocycles. The summed E-state index contributed by atoms with van der Waals surface area (Å²) in [7, 11) is 0. The largest absolute Gasteiger partial charge is 0.433 e. The first-order valence-electron chi connectivity index (χ1n) is 8.95. The number of amidine groups is 1. The van der Waals surface area contributed by atoms with E-state index in [0.29, 0.717) is 43.0 Å². The summed E-state index contributed by atoms with van der Waals surface area (Å²) in [4.78, 5) is 21.2. The normalized spacial score (nSPS) is 24.2. The second-order valence-corrected chi connectivity index (χ2v) is 7.70. The molecule has 0 aromatic carbocycles. The Bertz CT molecular complexity index is 777. The number of carbonyl (C=O) groups excluding carboxylic acids is 1. The Morgan fingerprint density at radius 3 is 2.38 bits per heavy atom. The van der Waals surface area contributed by atoms with Gasteiger partial charge in [0.25, 0.3) is 5.91 Å². The van der Waals surface area contributed by atoms with Crippen LogP contribution < -0.4 is 10.6 Å². The van der Waals surface area contributed by atoms with Crippen molar-refractivity contribution in [3.8, 4) is 0 Å². The number of rotatable bonds is 2. The zero-order chi connectivity index (χ0) is 18.6. The van der Waals surface area contributed by atoms with Crippen molar-refractivity contribution in [2.24, 2.45) is 4.99 Å². The van der Waals surface area contributed by atoms with E-state index in [1.54, 1.807) is 0 Å². The lowest BCUT2D eigenvalue weighted by molar-refractivity contribution is -0.141. The van der Waals surface area contributed by atoms with E-state index in [2.05, 4.69) is 20.6 Å². The van der Waals surface area contributed by atoms with Gasteiger partial charge in [0.05, 0.1) is 5.69 Å². The van der Waals surface area contributed by atoms with Gasteiger partial charge in [-0.25, -0.2) is 4.98 Å². The summed E-state index contributed by atoms with van der Waals surface area (Å²) >= 11 is 0. The quantitative estimate of drug-likeness (QED) is 0.845. The predicted octanol–water partition coefficient (Wildman–Crippen LogP) is 2.54. The molecule has 0 atom stereocenters. The Labute approximate surface area is 149 Å². The molecule has 1 aliphatic carbocycles. The number of hydrogen-bond acceptors (Lipinski definition) is 4. The zero-order valence-corrected chi connectivity index (χ0v) is 14.5. The Morgan fingerprint density at radius 1 is 1.12 bits per heavy atom. The molecule has 2 N–H and O–H groups in total. The molecule has 3 heterocycles. The number of pyridine rings is 1. The fraction of sp³-hybridized carbons (Fsp3) is 0.611. The zero-order valence-electron chi connectivity index (χ0n) is 14.5. The van der Waals surface area contributed by atoms with Crippen molar-refractivity contribution in [2.75, 3.05) is 13.1 Å². The van der Waals surface area contributed by atoms with Crippen molar-refractivity contribution < 1.29 is 18.0 Å². The van der Waals surface area contributed by atoms with Crippen molar-refractivity contribution in [1.82, 2.24) is 15.6 Å². The van der Waals surface area contributed by atoms with Gasteiger partial charge < -0.3 is 10.6 Å². The van der Waals surface area contributed by atoms with Gasteiger partial charge in [0.1, 0.15) is 17.1 Å². The number of nitrogens with one attached hydrogen (secondary N) is 2. The van der Waals surface area contributed by atoms with Crippen LogP contribution >= 0.6 is 0 Å². The molecule has 0 bridgehead atoms.